The number of carbonyl (C=O) groups is 3. The second-order valence-electron chi connectivity index (χ2n) is 7.79. The first-order valence-electron chi connectivity index (χ1n) is 9.60. The van der Waals surface area contributed by atoms with E-state index in [-0.39, 0.29) is 29.8 Å². The van der Waals surface area contributed by atoms with Gasteiger partial charge in [0.15, 0.2) is 0 Å². The van der Waals surface area contributed by atoms with Gasteiger partial charge >= 0.3 is 0 Å². The number of anilines is 1. The van der Waals surface area contributed by atoms with E-state index in [0.717, 1.165) is 23.4 Å². The molecule has 2 fully saturated rings. The van der Waals surface area contributed by atoms with Gasteiger partial charge in [-0.25, -0.2) is 0 Å². The van der Waals surface area contributed by atoms with Crippen molar-refractivity contribution in [1.29, 1.82) is 0 Å². The first-order chi connectivity index (χ1) is 13.0. The monoisotopic (exact) mass is 388 g/mol. The lowest BCUT2D eigenvalue weighted by atomic mass is 9.76. The van der Waals surface area contributed by atoms with E-state index in [1.807, 2.05) is 49.7 Å². The Bertz CT molecular complexity index is 813. The molecule has 3 aliphatic heterocycles. The van der Waals surface area contributed by atoms with Crippen LogP contribution in [0.3, 0.4) is 0 Å². The van der Waals surface area contributed by atoms with Crippen LogP contribution in [0.2, 0.25) is 0 Å². The highest BCUT2D eigenvalue weighted by atomic mass is 32.2. The predicted octanol–water partition coefficient (Wildman–Crippen LogP) is 0.932. The highest BCUT2D eigenvalue weighted by molar-refractivity contribution is 7.98. The summed E-state index contributed by atoms with van der Waals surface area (Å²) in [6.45, 7) is 3.89. The van der Waals surface area contributed by atoms with Crippen LogP contribution >= 0.6 is 11.8 Å². The molecule has 3 amide bonds. The molecule has 3 heterocycles. The number of rotatable bonds is 5. The Labute approximate surface area is 163 Å². The molecule has 1 aromatic carbocycles. The predicted molar refractivity (Wildman–Crippen MR) is 104 cm³/mol. The molecule has 7 heteroatoms. The molecule has 0 unspecified atom stereocenters. The van der Waals surface area contributed by atoms with E-state index in [9.17, 15) is 14.4 Å². The number of amides is 3. The first kappa shape index (κ1) is 18.5. The minimum absolute atomic E-state index is 0.0649. The fourth-order valence-electron chi connectivity index (χ4n) is 5.08. The second-order valence-corrected chi connectivity index (χ2v) is 8.77. The molecule has 27 heavy (non-hydrogen) atoms. The van der Waals surface area contributed by atoms with Crippen LogP contribution in [0.15, 0.2) is 24.3 Å². The number of likely N-dealkylation sites (tertiary alicyclic amines) is 1. The van der Waals surface area contributed by atoms with Crippen molar-refractivity contribution in [2.45, 2.75) is 44.3 Å². The number of nitrogens with one attached hydrogen (secondary N) is 1. The van der Waals surface area contributed by atoms with Crippen LogP contribution in [-0.4, -0.2) is 46.7 Å². The zero-order valence-corrected chi connectivity index (χ0v) is 16.7. The molecule has 3 N–H and O–H groups in total. The lowest BCUT2D eigenvalue weighted by Gasteiger charge is -2.28. The number of benzene rings is 1. The third-order valence-corrected chi connectivity index (χ3v) is 7.14. The van der Waals surface area contributed by atoms with E-state index < -0.39 is 17.4 Å². The maximum atomic E-state index is 13.4. The number of imide groups is 1. The maximum Gasteiger partial charge on any atom is 0.291 e. The maximum absolute atomic E-state index is 13.4. The first-order valence-corrected chi connectivity index (χ1v) is 11.0. The number of nitrogens with two attached hydrogens (primary N) is 1. The molecule has 5 atom stereocenters. The van der Waals surface area contributed by atoms with Crippen LogP contribution < -0.4 is 10.6 Å². The molecule has 3 aliphatic rings. The van der Waals surface area contributed by atoms with Crippen LogP contribution in [-0.2, 0) is 19.9 Å². The summed E-state index contributed by atoms with van der Waals surface area (Å²) in [5.41, 5.74) is 0.563. The van der Waals surface area contributed by atoms with Gasteiger partial charge in [0.05, 0.1) is 5.69 Å². The molecule has 0 bridgehead atoms. The van der Waals surface area contributed by atoms with Crippen molar-refractivity contribution in [3.05, 3.63) is 29.8 Å². The largest absolute Gasteiger partial charge is 0.326 e. The second kappa shape index (κ2) is 6.63. The zero-order chi connectivity index (χ0) is 19.3. The van der Waals surface area contributed by atoms with Gasteiger partial charge in [-0.3, -0.25) is 19.3 Å². The van der Waals surface area contributed by atoms with Gasteiger partial charge in [-0.05, 0) is 31.4 Å². The summed E-state index contributed by atoms with van der Waals surface area (Å²) in [7, 11) is 0. The summed E-state index contributed by atoms with van der Waals surface area (Å²) in [6.07, 6.45) is 3.55. The average Bonchev–Trinajstić information content (AvgIpc) is 3.24. The highest BCUT2D eigenvalue weighted by Crippen LogP contribution is 2.49. The van der Waals surface area contributed by atoms with Crippen LogP contribution in [0.4, 0.5) is 5.69 Å². The van der Waals surface area contributed by atoms with Gasteiger partial charge < -0.3 is 10.6 Å². The number of nitrogens with zero attached hydrogens (tertiary/aromatic N) is 1. The van der Waals surface area contributed by atoms with Gasteiger partial charge in [-0.1, -0.05) is 25.1 Å². The topological polar surface area (TPSA) is 83.1 Å². The summed E-state index contributed by atoms with van der Waals surface area (Å²) in [4.78, 5) is 41.3. The van der Waals surface area contributed by atoms with Gasteiger partial charge in [0.1, 0.15) is 17.9 Å². The molecule has 4 rings (SSSR count). The highest BCUT2D eigenvalue weighted by Gasteiger charge is 2.74. The molecule has 0 radical (unpaired) electrons. The summed E-state index contributed by atoms with van der Waals surface area (Å²) in [5.74, 6) is -0.624. The van der Waals surface area contributed by atoms with Crippen molar-refractivity contribution in [1.82, 2.24) is 4.90 Å². The van der Waals surface area contributed by atoms with E-state index in [1.165, 1.54) is 4.90 Å². The van der Waals surface area contributed by atoms with Crippen molar-refractivity contribution < 1.29 is 19.7 Å². The fourth-order valence-corrected chi connectivity index (χ4v) is 5.59. The van der Waals surface area contributed by atoms with Gasteiger partial charge in [-0.15, -0.1) is 0 Å². The van der Waals surface area contributed by atoms with Crippen LogP contribution in [0.1, 0.15) is 32.3 Å². The average molecular weight is 389 g/mol. The fraction of sp³-hybridized carbons (Fsp3) is 0.550. The Hall–Kier alpha value is -1.86. The molecule has 1 aromatic rings. The summed E-state index contributed by atoms with van der Waals surface area (Å²) < 4.78 is 0. The Balaban J connectivity index is 1.84. The van der Waals surface area contributed by atoms with E-state index in [4.69, 9.17) is 0 Å². The minimum atomic E-state index is -1.03. The number of carbonyl (C=O) groups excluding carboxylic acids is 3. The van der Waals surface area contributed by atoms with Crippen LogP contribution in [0, 0.1) is 11.8 Å². The molecule has 6 nitrogen and oxygen atoms in total. The number of quaternary nitrogens is 1. The van der Waals surface area contributed by atoms with Crippen LogP contribution in [0.5, 0.6) is 0 Å². The Morgan fingerprint density at radius 2 is 2.00 bits per heavy atom. The molecule has 0 aliphatic carbocycles. The molecule has 0 aromatic heterocycles. The van der Waals surface area contributed by atoms with Crippen LogP contribution in [0.25, 0.3) is 0 Å². The number of thioether (sulfide) groups is 1. The molecule has 0 saturated carbocycles. The lowest BCUT2D eigenvalue weighted by molar-refractivity contribution is -0.733. The van der Waals surface area contributed by atoms with Crippen molar-refractivity contribution in [3.63, 3.8) is 0 Å². The summed E-state index contributed by atoms with van der Waals surface area (Å²) >= 11 is 1.72. The van der Waals surface area contributed by atoms with Gasteiger partial charge in [0.25, 0.3) is 5.91 Å². The Kier molecular flexibility index (Phi) is 4.55. The molecular formula is C20H26N3O3S+. The van der Waals surface area contributed by atoms with E-state index in [0.29, 0.717) is 6.42 Å². The lowest BCUT2D eigenvalue weighted by Crippen LogP contribution is -2.99. The number of hydrogen-bond acceptors (Lipinski definition) is 4. The quantitative estimate of drug-likeness (QED) is 0.735. The zero-order valence-electron chi connectivity index (χ0n) is 15.9. The van der Waals surface area contributed by atoms with E-state index in [1.54, 1.807) is 11.8 Å². The SMILES string of the molecule is CC[C@@H](C)N1C(=O)[C@H]2[C@@H](C1=O)[C@@]1([NH2+][C@@H]2CCSC)C(=O)Nc2ccccc21. The van der Waals surface area contributed by atoms with Gasteiger partial charge in [-0.2, -0.15) is 11.8 Å². The van der Waals surface area contributed by atoms with Gasteiger partial charge in [0, 0.05) is 18.0 Å². The number of para-hydroxylation sites is 1. The number of hydrogen-bond donors (Lipinski definition) is 2. The Morgan fingerprint density at radius 3 is 2.70 bits per heavy atom. The standard InChI is InChI=1S/C20H25N3O3S/c1-4-11(2)23-17(24)15-14(9-10-27-3)22-20(16(15)18(23)25)12-7-5-6-8-13(12)21-19(20)26/h5-8,11,14-16,22H,4,9-10H2,1-3H3,(H,21,26)/p+1/t11-,14-,15-,16+,20-/m1/s1. The van der Waals surface area contributed by atoms with Crippen molar-refractivity contribution in [2.75, 3.05) is 17.3 Å². The molecule has 2 saturated heterocycles. The third-order valence-electron chi connectivity index (χ3n) is 6.50. The minimum Gasteiger partial charge on any atom is -0.326 e. The van der Waals surface area contributed by atoms with E-state index >= 15 is 0 Å². The smallest absolute Gasteiger partial charge is 0.291 e. The van der Waals surface area contributed by atoms with E-state index in [2.05, 4.69) is 5.32 Å². The molecule has 144 valence electrons. The normalized spacial score (nSPS) is 32.8. The molecular weight excluding hydrogens is 362 g/mol. The summed E-state index contributed by atoms with van der Waals surface area (Å²) in [6, 6.07) is 7.35. The van der Waals surface area contributed by atoms with Crippen molar-refractivity contribution >= 4 is 35.2 Å². The van der Waals surface area contributed by atoms with Crippen molar-refractivity contribution in [2.24, 2.45) is 11.8 Å². The third kappa shape index (κ3) is 2.41. The molecule has 1 spiro atoms. The summed E-state index contributed by atoms with van der Waals surface area (Å²) in [5, 5.41) is 4.97. The van der Waals surface area contributed by atoms with Crippen molar-refractivity contribution in [3.8, 4) is 0 Å². The Morgan fingerprint density at radius 1 is 1.26 bits per heavy atom. The van der Waals surface area contributed by atoms with Gasteiger partial charge in [0.2, 0.25) is 17.4 Å². The number of fused-ring (bicyclic) bond motifs is 4.